The average molecular weight is 221 g/mol. The number of halogens is 1. The first-order valence-electron chi connectivity index (χ1n) is 4.38. The molecule has 4 N–H and O–H groups in total. The largest absolute Gasteiger partial charge is 0.399 e. The molecule has 6 nitrogen and oxygen atoms in total. The number of amides is 1. The summed E-state index contributed by atoms with van der Waals surface area (Å²) in [5, 5.41) is 8.20. The Kier molecular flexibility index (Phi) is 2.50. The molecule has 16 heavy (non-hydrogen) atoms. The van der Waals surface area contributed by atoms with Gasteiger partial charge in [0, 0.05) is 5.69 Å². The van der Waals surface area contributed by atoms with Crippen LogP contribution in [0.1, 0.15) is 10.6 Å². The minimum atomic E-state index is -0.581. The van der Waals surface area contributed by atoms with E-state index in [1.807, 2.05) is 0 Å². The molecule has 2 aromatic rings. The first-order valence-corrected chi connectivity index (χ1v) is 4.38. The molecular weight excluding hydrogens is 213 g/mol. The van der Waals surface area contributed by atoms with Crippen LogP contribution < -0.4 is 11.1 Å². The van der Waals surface area contributed by atoms with Gasteiger partial charge in [0.25, 0.3) is 5.91 Å². The van der Waals surface area contributed by atoms with Gasteiger partial charge >= 0.3 is 0 Å². The Morgan fingerprint density at radius 3 is 3.00 bits per heavy atom. The van der Waals surface area contributed by atoms with E-state index in [2.05, 4.69) is 20.5 Å². The van der Waals surface area contributed by atoms with E-state index >= 15 is 0 Å². The molecule has 1 amide bonds. The molecule has 82 valence electrons. The van der Waals surface area contributed by atoms with Crippen LogP contribution in [0.2, 0.25) is 0 Å². The van der Waals surface area contributed by atoms with E-state index in [0.29, 0.717) is 5.69 Å². The van der Waals surface area contributed by atoms with Crippen LogP contribution in [0.25, 0.3) is 0 Å². The summed E-state index contributed by atoms with van der Waals surface area (Å²) in [7, 11) is 0. The Morgan fingerprint density at radius 2 is 2.31 bits per heavy atom. The summed E-state index contributed by atoms with van der Waals surface area (Å²) in [6, 6.07) is 3.90. The lowest BCUT2D eigenvalue weighted by atomic mass is 10.2. The maximum Gasteiger partial charge on any atom is 0.293 e. The summed E-state index contributed by atoms with van der Waals surface area (Å²) in [4.78, 5) is 15.1. The Balaban J connectivity index is 2.21. The van der Waals surface area contributed by atoms with Gasteiger partial charge in [0.2, 0.25) is 5.82 Å². The van der Waals surface area contributed by atoms with Crippen LogP contribution in [0.3, 0.4) is 0 Å². The predicted molar refractivity (Wildman–Crippen MR) is 55.1 cm³/mol. The number of anilines is 2. The Hall–Kier alpha value is -2.44. The number of hydrogen-bond donors (Lipinski definition) is 3. The highest BCUT2D eigenvalue weighted by Gasteiger charge is 2.11. The molecule has 0 saturated carbocycles. The summed E-state index contributed by atoms with van der Waals surface area (Å²) < 4.78 is 13.3. The summed E-state index contributed by atoms with van der Waals surface area (Å²) >= 11 is 0. The SMILES string of the molecule is Nc1ccc(F)c(NC(=O)c2ncn[nH]2)c1. The number of nitrogen functional groups attached to an aromatic ring is 1. The van der Waals surface area contributed by atoms with Crippen LogP contribution >= 0.6 is 0 Å². The van der Waals surface area contributed by atoms with Crippen LogP contribution in [0.5, 0.6) is 0 Å². The van der Waals surface area contributed by atoms with Crippen molar-refractivity contribution in [3.63, 3.8) is 0 Å². The van der Waals surface area contributed by atoms with Gasteiger partial charge in [0.15, 0.2) is 0 Å². The first-order chi connectivity index (χ1) is 7.66. The number of carbonyl (C=O) groups is 1. The minimum absolute atomic E-state index is 0.00130. The molecule has 0 aliphatic heterocycles. The molecule has 0 spiro atoms. The Bertz CT molecular complexity index is 511. The van der Waals surface area contributed by atoms with Crippen LogP contribution in [0.4, 0.5) is 15.8 Å². The number of rotatable bonds is 2. The smallest absolute Gasteiger partial charge is 0.293 e. The molecule has 0 saturated heterocycles. The summed E-state index contributed by atoms with van der Waals surface area (Å²) in [5.41, 5.74) is 5.83. The van der Waals surface area contributed by atoms with E-state index in [1.54, 1.807) is 0 Å². The third-order valence-electron chi connectivity index (χ3n) is 1.87. The van der Waals surface area contributed by atoms with Gasteiger partial charge in [-0.1, -0.05) is 0 Å². The number of aromatic amines is 1. The van der Waals surface area contributed by atoms with Crippen molar-refractivity contribution >= 4 is 17.3 Å². The minimum Gasteiger partial charge on any atom is -0.399 e. The van der Waals surface area contributed by atoms with E-state index < -0.39 is 11.7 Å². The standard InChI is InChI=1S/C9H8FN5O/c10-6-2-1-5(11)3-7(6)14-9(16)8-12-4-13-15-8/h1-4H,11H2,(H,14,16)(H,12,13,15). The zero-order valence-corrected chi connectivity index (χ0v) is 8.07. The van der Waals surface area contributed by atoms with Gasteiger partial charge in [-0.15, -0.1) is 0 Å². The highest BCUT2D eigenvalue weighted by molar-refractivity contribution is 6.01. The highest BCUT2D eigenvalue weighted by Crippen LogP contribution is 2.17. The fraction of sp³-hybridized carbons (Fsp3) is 0. The molecule has 0 atom stereocenters. The van der Waals surface area contributed by atoms with Gasteiger partial charge in [-0.25, -0.2) is 9.37 Å². The third kappa shape index (κ3) is 1.97. The van der Waals surface area contributed by atoms with Crippen LogP contribution in [0.15, 0.2) is 24.5 Å². The monoisotopic (exact) mass is 221 g/mol. The number of benzene rings is 1. The fourth-order valence-corrected chi connectivity index (χ4v) is 1.14. The fourth-order valence-electron chi connectivity index (χ4n) is 1.14. The average Bonchev–Trinajstić information content (AvgIpc) is 2.76. The molecule has 0 fully saturated rings. The molecule has 0 aliphatic carbocycles. The summed E-state index contributed by atoms with van der Waals surface area (Å²) in [5.74, 6) is -1.15. The van der Waals surface area contributed by atoms with Crippen LogP contribution in [-0.2, 0) is 0 Å². The zero-order chi connectivity index (χ0) is 11.5. The Morgan fingerprint density at radius 1 is 1.50 bits per heavy atom. The lowest BCUT2D eigenvalue weighted by molar-refractivity contribution is 0.101. The van der Waals surface area contributed by atoms with Gasteiger partial charge in [-0.05, 0) is 18.2 Å². The van der Waals surface area contributed by atoms with E-state index in [-0.39, 0.29) is 11.5 Å². The quantitative estimate of drug-likeness (QED) is 0.653. The molecule has 1 aromatic carbocycles. The number of nitrogens with two attached hydrogens (primary N) is 1. The maximum atomic E-state index is 13.3. The van der Waals surface area contributed by atoms with Gasteiger partial charge in [0.05, 0.1) is 5.69 Å². The molecule has 0 unspecified atom stereocenters. The van der Waals surface area contributed by atoms with Crippen molar-refractivity contribution in [2.45, 2.75) is 0 Å². The van der Waals surface area contributed by atoms with Crippen LogP contribution in [0, 0.1) is 5.82 Å². The molecule has 0 aliphatic rings. The second-order valence-corrected chi connectivity index (χ2v) is 3.03. The van der Waals surface area contributed by atoms with Gasteiger partial charge < -0.3 is 11.1 Å². The number of nitrogens with one attached hydrogen (secondary N) is 2. The molecule has 0 radical (unpaired) electrons. The van der Waals surface area contributed by atoms with Crippen molar-refractivity contribution < 1.29 is 9.18 Å². The van der Waals surface area contributed by atoms with Crippen molar-refractivity contribution in [1.82, 2.24) is 15.2 Å². The third-order valence-corrected chi connectivity index (χ3v) is 1.87. The number of carbonyl (C=O) groups excluding carboxylic acids is 1. The highest BCUT2D eigenvalue weighted by atomic mass is 19.1. The summed E-state index contributed by atoms with van der Waals surface area (Å²) in [6.45, 7) is 0. The zero-order valence-electron chi connectivity index (χ0n) is 8.07. The number of aromatic nitrogens is 3. The molecule has 1 heterocycles. The second-order valence-electron chi connectivity index (χ2n) is 3.03. The number of nitrogens with zero attached hydrogens (tertiary/aromatic N) is 2. The number of hydrogen-bond acceptors (Lipinski definition) is 4. The number of H-pyrrole nitrogens is 1. The lowest BCUT2D eigenvalue weighted by Crippen LogP contribution is -2.14. The van der Waals surface area contributed by atoms with Crippen molar-refractivity contribution in [2.24, 2.45) is 0 Å². The van der Waals surface area contributed by atoms with E-state index in [0.717, 1.165) is 0 Å². The van der Waals surface area contributed by atoms with Gasteiger partial charge in [0.1, 0.15) is 12.1 Å². The van der Waals surface area contributed by atoms with Crippen molar-refractivity contribution in [1.29, 1.82) is 0 Å². The van der Waals surface area contributed by atoms with Crippen molar-refractivity contribution in [3.8, 4) is 0 Å². The maximum absolute atomic E-state index is 13.3. The molecule has 2 rings (SSSR count). The Labute approximate surface area is 89.7 Å². The van der Waals surface area contributed by atoms with Gasteiger partial charge in [-0.3, -0.25) is 9.89 Å². The molecule has 0 bridgehead atoms. The predicted octanol–water partition coefficient (Wildman–Crippen LogP) is 0.778. The normalized spacial score (nSPS) is 10.1. The van der Waals surface area contributed by atoms with E-state index in [1.165, 1.54) is 24.5 Å². The van der Waals surface area contributed by atoms with E-state index in [4.69, 9.17) is 5.73 Å². The summed E-state index contributed by atoms with van der Waals surface area (Å²) in [6.07, 6.45) is 1.19. The molecular formula is C9H8FN5O. The van der Waals surface area contributed by atoms with Crippen molar-refractivity contribution in [2.75, 3.05) is 11.1 Å². The lowest BCUT2D eigenvalue weighted by Gasteiger charge is -2.04. The van der Waals surface area contributed by atoms with Crippen molar-refractivity contribution in [3.05, 3.63) is 36.2 Å². The molecule has 7 heteroatoms. The molecule has 1 aromatic heterocycles. The second kappa shape index (κ2) is 3.97. The van der Waals surface area contributed by atoms with Crippen LogP contribution in [-0.4, -0.2) is 21.1 Å². The van der Waals surface area contributed by atoms with Gasteiger partial charge in [-0.2, -0.15) is 5.10 Å². The topological polar surface area (TPSA) is 96.7 Å². The first kappa shape index (κ1) is 10.1. The van der Waals surface area contributed by atoms with E-state index in [9.17, 15) is 9.18 Å².